The van der Waals surface area contributed by atoms with Gasteiger partial charge in [-0.25, -0.2) is 0 Å². The average Bonchev–Trinajstić information content (AvgIpc) is 2.69. The van der Waals surface area contributed by atoms with Crippen LogP contribution in [0.3, 0.4) is 0 Å². The normalized spacial score (nSPS) is 12.5. The maximum Gasteiger partial charge on any atom is 0.120 e. The van der Waals surface area contributed by atoms with Gasteiger partial charge in [-0.05, 0) is 53.5 Å². The third-order valence-corrected chi connectivity index (χ3v) is 5.60. The lowest BCUT2D eigenvalue weighted by atomic mass is 10.1. The van der Waals surface area contributed by atoms with E-state index in [4.69, 9.17) is 4.74 Å². The lowest BCUT2D eigenvalue weighted by Crippen LogP contribution is -1.99. The third-order valence-electron chi connectivity index (χ3n) is 2.72. The highest BCUT2D eigenvalue weighted by Crippen LogP contribution is 2.37. The van der Waals surface area contributed by atoms with Crippen molar-refractivity contribution in [3.05, 3.63) is 48.5 Å². The molecule has 0 saturated carbocycles. The Kier molecular flexibility index (Phi) is 5.06. The van der Waals surface area contributed by atoms with Gasteiger partial charge in [0, 0.05) is 14.9 Å². The lowest BCUT2D eigenvalue weighted by Gasteiger charge is -2.12. The molecule has 0 aliphatic rings. The van der Waals surface area contributed by atoms with E-state index in [0.717, 1.165) is 30.0 Å². The van der Waals surface area contributed by atoms with Crippen LogP contribution in [0.2, 0.25) is 0 Å². The van der Waals surface area contributed by atoms with Crippen LogP contribution in [0.4, 0.5) is 0 Å². The number of aryl methyl sites for hydroxylation is 1. The topological polar surface area (TPSA) is 29.5 Å². The summed E-state index contributed by atoms with van der Waals surface area (Å²) in [5.41, 5.74) is 1.98. The molecule has 0 bridgehead atoms. The molecule has 102 valence electrons. The zero-order valence-electron chi connectivity index (χ0n) is 10.6. The van der Waals surface area contributed by atoms with Gasteiger partial charge in [0.15, 0.2) is 0 Å². The Morgan fingerprint density at radius 3 is 2.58 bits per heavy atom. The standard InChI is InChI=1S/C14H14Br2O2S/c1-3-18-9-4-5-10(11(15)7-9)13(17)12-6-8(2)14(16)19-12/h4-7,13,17H,3H2,1-2H3. The van der Waals surface area contributed by atoms with E-state index in [-0.39, 0.29) is 0 Å². The van der Waals surface area contributed by atoms with Crippen LogP contribution in [0.15, 0.2) is 32.5 Å². The van der Waals surface area contributed by atoms with Crippen LogP contribution in [0.5, 0.6) is 5.75 Å². The highest BCUT2D eigenvalue weighted by molar-refractivity contribution is 9.11. The molecular formula is C14H14Br2O2S. The smallest absolute Gasteiger partial charge is 0.120 e. The van der Waals surface area contributed by atoms with Crippen LogP contribution in [-0.2, 0) is 0 Å². The van der Waals surface area contributed by atoms with Crippen molar-refractivity contribution < 1.29 is 9.84 Å². The molecule has 0 saturated heterocycles. The Bertz CT molecular complexity index is 561. The number of hydrogen-bond acceptors (Lipinski definition) is 3. The summed E-state index contributed by atoms with van der Waals surface area (Å²) in [6, 6.07) is 7.66. The lowest BCUT2D eigenvalue weighted by molar-refractivity contribution is 0.223. The molecule has 1 aromatic heterocycles. The largest absolute Gasteiger partial charge is 0.494 e. The first-order chi connectivity index (χ1) is 9.02. The van der Waals surface area contributed by atoms with Gasteiger partial charge < -0.3 is 9.84 Å². The average molecular weight is 406 g/mol. The van der Waals surface area contributed by atoms with Gasteiger partial charge in [-0.3, -0.25) is 0 Å². The number of benzene rings is 1. The minimum absolute atomic E-state index is 0.625. The van der Waals surface area contributed by atoms with E-state index in [1.54, 1.807) is 11.3 Å². The van der Waals surface area contributed by atoms with E-state index >= 15 is 0 Å². The predicted octanol–water partition coefficient (Wildman–Crippen LogP) is 5.06. The summed E-state index contributed by atoms with van der Waals surface area (Å²) >= 11 is 8.53. The van der Waals surface area contributed by atoms with Gasteiger partial charge in [0.05, 0.1) is 10.4 Å². The predicted molar refractivity (Wildman–Crippen MR) is 86.1 cm³/mol. The Morgan fingerprint density at radius 1 is 1.32 bits per heavy atom. The summed E-state index contributed by atoms with van der Waals surface area (Å²) in [4.78, 5) is 0.925. The molecule has 2 aromatic rings. The van der Waals surface area contributed by atoms with Crippen molar-refractivity contribution in [2.24, 2.45) is 0 Å². The van der Waals surface area contributed by atoms with Crippen LogP contribution in [0.25, 0.3) is 0 Å². The van der Waals surface area contributed by atoms with Crippen molar-refractivity contribution in [3.8, 4) is 5.75 Å². The third kappa shape index (κ3) is 3.40. The zero-order valence-corrected chi connectivity index (χ0v) is 14.6. The second-order valence-corrected chi connectivity index (χ2v) is 7.38. The molecule has 2 nitrogen and oxygen atoms in total. The first kappa shape index (κ1) is 15.0. The molecule has 19 heavy (non-hydrogen) atoms. The second-order valence-electron chi connectivity index (χ2n) is 4.12. The molecular weight excluding hydrogens is 392 g/mol. The number of rotatable bonds is 4. The summed E-state index contributed by atoms with van der Waals surface area (Å²) in [5.74, 6) is 0.800. The Labute approximate surface area is 133 Å². The Morgan fingerprint density at radius 2 is 2.05 bits per heavy atom. The van der Waals surface area contributed by atoms with Crippen LogP contribution in [-0.4, -0.2) is 11.7 Å². The van der Waals surface area contributed by atoms with Crippen LogP contribution in [0.1, 0.15) is 29.0 Å². The molecule has 0 spiro atoms. The number of aliphatic hydroxyl groups is 1. The molecule has 0 aliphatic carbocycles. The summed E-state index contributed by atoms with van der Waals surface area (Å²) in [7, 11) is 0. The quantitative estimate of drug-likeness (QED) is 0.769. The SMILES string of the molecule is CCOc1ccc(C(O)c2cc(C)c(Br)s2)c(Br)c1. The molecule has 1 unspecified atom stereocenters. The molecule has 1 aromatic carbocycles. The molecule has 0 aliphatic heterocycles. The monoisotopic (exact) mass is 404 g/mol. The van der Waals surface area contributed by atoms with Gasteiger partial charge in [-0.15, -0.1) is 11.3 Å². The van der Waals surface area contributed by atoms with Crippen LogP contribution < -0.4 is 4.74 Å². The second kappa shape index (κ2) is 6.39. The van der Waals surface area contributed by atoms with Crippen molar-refractivity contribution in [2.45, 2.75) is 20.0 Å². The van der Waals surface area contributed by atoms with E-state index in [2.05, 4.69) is 31.9 Å². The fourth-order valence-electron chi connectivity index (χ4n) is 1.76. The van der Waals surface area contributed by atoms with Crippen molar-refractivity contribution in [1.82, 2.24) is 0 Å². The van der Waals surface area contributed by atoms with E-state index in [0.29, 0.717) is 6.61 Å². The molecule has 1 heterocycles. The number of ether oxygens (including phenoxy) is 1. The fraction of sp³-hybridized carbons (Fsp3) is 0.286. The fourth-order valence-corrected chi connectivity index (χ4v) is 3.91. The van der Waals surface area contributed by atoms with Gasteiger partial charge >= 0.3 is 0 Å². The van der Waals surface area contributed by atoms with E-state index < -0.39 is 6.10 Å². The number of aliphatic hydroxyl groups excluding tert-OH is 1. The first-order valence-corrected chi connectivity index (χ1v) is 8.29. The zero-order chi connectivity index (χ0) is 14.0. The van der Waals surface area contributed by atoms with Crippen molar-refractivity contribution in [1.29, 1.82) is 0 Å². The number of thiophene rings is 1. The maximum absolute atomic E-state index is 10.5. The molecule has 2 rings (SSSR count). The van der Waals surface area contributed by atoms with Gasteiger partial charge in [0.2, 0.25) is 0 Å². The Hall–Kier alpha value is -0.360. The molecule has 5 heteroatoms. The molecule has 0 amide bonds. The number of halogens is 2. The van der Waals surface area contributed by atoms with Crippen molar-refractivity contribution in [3.63, 3.8) is 0 Å². The van der Waals surface area contributed by atoms with Crippen molar-refractivity contribution >= 4 is 43.2 Å². The molecule has 1 atom stereocenters. The summed E-state index contributed by atoms with van der Waals surface area (Å²) in [5, 5.41) is 10.5. The maximum atomic E-state index is 10.5. The first-order valence-electron chi connectivity index (χ1n) is 5.89. The van der Waals surface area contributed by atoms with Gasteiger partial charge in [-0.1, -0.05) is 22.0 Å². The molecule has 0 radical (unpaired) electrons. The summed E-state index contributed by atoms with van der Waals surface area (Å²) in [6.45, 7) is 4.60. The van der Waals surface area contributed by atoms with Gasteiger partial charge in [0.25, 0.3) is 0 Å². The van der Waals surface area contributed by atoms with E-state index in [1.807, 2.05) is 38.1 Å². The Balaban J connectivity index is 2.30. The number of hydrogen-bond donors (Lipinski definition) is 1. The molecule has 1 N–H and O–H groups in total. The minimum atomic E-state index is -0.625. The summed E-state index contributed by atoms with van der Waals surface area (Å²) < 4.78 is 7.35. The van der Waals surface area contributed by atoms with Crippen LogP contribution >= 0.6 is 43.2 Å². The highest BCUT2D eigenvalue weighted by Gasteiger charge is 2.17. The van der Waals surface area contributed by atoms with Gasteiger partial charge in [-0.2, -0.15) is 0 Å². The van der Waals surface area contributed by atoms with Gasteiger partial charge in [0.1, 0.15) is 11.9 Å². The van der Waals surface area contributed by atoms with E-state index in [1.165, 1.54) is 0 Å². The van der Waals surface area contributed by atoms with Crippen LogP contribution in [0, 0.1) is 6.92 Å². The molecule has 0 fully saturated rings. The minimum Gasteiger partial charge on any atom is -0.494 e. The van der Waals surface area contributed by atoms with Crippen molar-refractivity contribution in [2.75, 3.05) is 6.61 Å². The highest BCUT2D eigenvalue weighted by atomic mass is 79.9. The summed E-state index contributed by atoms with van der Waals surface area (Å²) in [6.07, 6.45) is -0.625. The van der Waals surface area contributed by atoms with E-state index in [9.17, 15) is 5.11 Å².